The summed E-state index contributed by atoms with van der Waals surface area (Å²) < 4.78 is 4.74. The SMILES string of the molecule is CCC(CC)CC(=O)COC. The molecule has 0 bridgehead atoms. The van der Waals surface area contributed by atoms with Crippen LogP contribution < -0.4 is 0 Å². The van der Waals surface area contributed by atoms with Crippen LogP contribution in [0, 0.1) is 5.92 Å². The van der Waals surface area contributed by atoms with Crippen LogP contribution >= 0.6 is 0 Å². The van der Waals surface area contributed by atoms with Crippen molar-refractivity contribution in [2.45, 2.75) is 33.1 Å². The van der Waals surface area contributed by atoms with E-state index in [1.807, 2.05) is 0 Å². The van der Waals surface area contributed by atoms with E-state index in [0.29, 0.717) is 12.3 Å². The highest BCUT2D eigenvalue weighted by Gasteiger charge is 2.08. The topological polar surface area (TPSA) is 26.3 Å². The first-order chi connectivity index (χ1) is 5.24. The second-order valence-electron chi connectivity index (χ2n) is 2.86. The Hall–Kier alpha value is -0.370. The van der Waals surface area contributed by atoms with E-state index < -0.39 is 0 Å². The summed E-state index contributed by atoms with van der Waals surface area (Å²) in [4.78, 5) is 11.0. The van der Waals surface area contributed by atoms with Crippen LogP contribution in [-0.2, 0) is 9.53 Å². The summed E-state index contributed by atoms with van der Waals surface area (Å²) in [5, 5.41) is 0. The average Bonchev–Trinajstić information content (AvgIpc) is 2.01. The van der Waals surface area contributed by atoms with Crippen molar-refractivity contribution in [3.8, 4) is 0 Å². The molecular weight excluding hydrogens is 140 g/mol. The average molecular weight is 158 g/mol. The lowest BCUT2D eigenvalue weighted by atomic mass is 9.97. The van der Waals surface area contributed by atoms with Gasteiger partial charge in [0.25, 0.3) is 0 Å². The van der Waals surface area contributed by atoms with Gasteiger partial charge in [-0.05, 0) is 5.92 Å². The van der Waals surface area contributed by atoms with E-state index in [2.05, 4.69) is 13.8 Å². The van der Waals surface area contributed by atoms with Gasteiger partial charge in [0.2, 0.25) is 0 Å². The van der Waals surface area contributed by atoms with Crippen molar-refractivity contribution in [1.29, 1.82) is 0 Å². The van der Waals surface area contributed by atoms with Gasteiger partial charge in [0.05, 0.1) is 0 Å². The van der Waals surface area contributed by atoms with Crippen molar-refractivity contribution in [2.75, 3.05) is 13.7 Å². The van der Waals surface area contributed by atoms with Gasteiger partial charge in [-0.25, -0.2) is 0 Å². The molecule has 0 amide bonds. The number of hydrogen-bond acceptors (Lipinski definition) is 2. The van der Waals surface area contributed by atoms with Crippen LogP contribution in [-0.4, -0.2) is 19.5 Å². The molecule has 0 rings (SSSR count). The number of ketones is 1. The van der Waals surface area contributed by atoms with Gasteiger partial charge in [-0.2, -0.15) is 0 Å². The molecule has 66 valence electrons. The second-order valence-corrected chi connectivity index (χ2v) is 2.86. The van der Waals surface area contributed by atoms with Gasteiger partial charge in [0.15, 0.2) is 5.78 Å². The zero-order chi connectivity index (χ0) is 8.69. The van der Waals surface area contributed by atoms with Crippen LogP contribution in [0.15, 0.2) is 0 Å². The summed E-state index contributed by atoms with van der Waals surface area (Å²) >= 11 is 0. The third kappa shape index (κ3) is 4.96. The highest BCUT2D eigenvalue weighted by molar-refractivity contribution is 5.79. The van der Waals surface area contributed by atoms with Crippen molar-refractivity contribution < 1.29 is 9.53 Å². The van der Waals surface area contributed by atoms with Crippen LogP contribution in [0.25, 0.3) is 0 Å². The van der Waals surface area contributed by atoms with Gasteiger partial charge in [-0.3, -0.25) is 4.79 Å². The number of Topliss-reactive ketones (excluding diaryl/α,β-unsaturated/α-hetero) is 1. The first kappa shape index (κ1) is 10.6. The van der Waals surface area contributed by atoms with Gasteiger partial charge < -0.3 is 4.74 Å². The minimum atomic E-state index is 0.223. The lowest BCUT2D eigenvalue weighted by Crippen LogP contribution is -2.11. The maximum atomic E-state index is 11.0. The molecule has 0 aliphatic carbocycles. The number of carbonyl (C=O) groups excluding carboxylic acids is 1. The molecule has 0 heterocycles. The van der Waals surface area contributed by atoms with Crippen molar-refractivity contribution in [2.24, 2.45) is 5.92 Å². The molecule has 0 saturated carbocycles. The lowest BCUT2D eigenvalue weighted by Gasteiger charge is -2.09. The zero-order valence-electron chi connectivity index (χ0n) is 7.72. The molecule has 0 atom stereocenters. The van der Waals surface area contributed by atoms with Gasteiger partial charge in [0, 0.05) is 13.5 Å². The highest BCUT2D eigenvalue weighted by Crippen LogP contribution is 2.12. The van der Waals surface area contributed by atoms with E-state index in [1.165, 1.54) is 0 Å². The molecule has 2 heteroatoms. The van der Waals surface area contributed by atoms with Crippen molar-refractivity contribution in [3.05, 3.63) is 0 Å². The fraction of sp³-hybridized carbons (Fsp3) is 0.889. The first-order valence-electron chi connectivity index (χ1n) is 4.25. The van der Waals surface area contributed by atoms with Crippen molar-refractivity contribution in [1.82, 2.24) is 0 Å². The maximum absolute atomic E-state index is 11.0. The third-order valence-corrected chi connectivity index (χ3v) is 1.98. The van der Waals surface area contributed by atoms with Crippen LogP contribution in [0.5, 0.6) is 0 Å². The van der Waals surface area contributed by atoms with Crippen LogP contribution in [0.4, 0.5) is 0 Å². The first-order valence-corrected chi connectivity index (χ1v) is 4.25. The van der Waals surface area contributed by atoms with Crippen molar-refractivity contribution in [3.63, 3.8) is 0 Å². The quantitative estimate of drug-likeness (QED) is 0.591. The molecule has 0 aromatic heterocycles. The normalized spacial score (nSPS) is 10.5. The van der Waals surface area contributed by atoms with Crippen LogP contribution in [0.1, 0.15) is 33.1 Å². The van der Waals surface area contributed by atoms with Gasteiger partial charge in [-0.15, -0.1) is 0 Å². The Morgan fingerprint density at radius 1 is 1.36 bits per heavy atom. The van der Waals surface area contributed by atoms with Gasteiger partial charge in [-0.1, -0.05) is 26.7 Å². The molecule has 0 unspecified atom stereocenters. The molecule has 0 aliphatic heterocycles. The molecule has 0 N–H and O–H groups in total. The Balaban J connectivity index is 3.54. The second kappa shape index (κ2) is 6.35. The van der Waals surface area contributed by atoms with Gasteiger partial charge >= 0.3 is 0 Å². The summed E-state index contributed by atoms with van der Waals surface area (Å²) in [5.41, 5.74) is 0. The molecule has 0 aromatic carbocycles. The maximum Gasteiger partial charge on any atom is 0.158 e. The van der Waals surface area contributed by atoms with E-state index in [9.17, 15) is 4.79 Å². The Bertz CT molecular complexity index is 106. The molecular formula is C9H18O2. The minimum absolute atomic E-state index is 0.223. The number of methoxy groups -OCH3 is 1. The highest BCUT2D eigenvalue weighted by atomic mass is 16.5. The Morgan fingerprint density at radius 3 is 2.27 bits per heavy atom. The molecule has 0 radical (unpaired) electrons. The molecule has 0 spiro atoms. The standard InChI is InChI=1S/C9H18O2/c1-4-8(5-2)6-9(10)7-11-3/h8H,4-7H2,1-3H3. The summed E-state index contributed by atoms with van der Waals surface area (Å²) in [6, 6.07) is 0. The fourth-order valence-electron chi connectivity index (χ4n) is 1.12. The number of hydrogen-bond donors (Lipinski definition) is 0. The van der Waals surface area contributed by atoms with Crippen LogP contribution in [0.3, 0.4) is 0 Å². The van der Waals surface area contributed by atoms with Gasteiger partial charge in [0.1, 0.15) is 6.61 Å². The summed E-state index contributed by atoms with van der Waals surface area (Å²) in [7, 11) is 1.56. The molecule has 0 saturated heterocycles. The van der Waals surface area contributed by atoms with Crippen molar-refractivity contribution >= 4 is 5.78 Å². The van der Waals surface area contributed by atoms with E-state index in [-0.39, 0.29) is 12.4 Å². The lowest BCUT2D eigenvalue weighted by molar-refractivity contribution is -0.123. The molecule has 0 fully saturated rings. The minimum Gasteiger partial charge on any atom is -0.377 e. The smallest absolute Gasteiger partial charge is 0.158 e. The molecule has 2 nitrogen and oxygen atoms in total. The summed E-state index contributed by atoms with van der Waals surface area (Å²) in [5.74, 6) is 0.777. The fourth-order valence-corrected chi connectivity index (χ4v) is 1.12. The summed E-state index contributed by atoms with van der Waals surface area (Å²) in [6.45, 7) is 4.51. The largest absolute Gasteiger partial charge is 0.377 e. The predicted octanol–water partition coefficient (Wildman–Crippen LogP) is 2.03. The Morgan fingerprint density at radius 2 is 1.91 bits per heavy atom. The predicted molar refractivity (Wildman–Crippen MR) is 45.6 cm³/mol. The number of ether oxygens (including phenoxy) is 1. The zero-order valence-corrected chi connectivity index (χ0v) is 7.72. The number of rotatable bonds is 6. The van der Waals surface area contributed by atoms with Crippen LogP contribution in [0.2, 0.25) is 0 Å². The van der Waals surface area contributed by atoms with E-state index in [0.717, 1.165) is 12.8 Å². The monoisotopic (exact) mass is 158 g/mol. The molecule has 11 heavy (non-hydrogen) atoms. The molecule has 0 aliphatic rings. The molecule has 0 aromatic rings. The van der Waals surface area contributed by atoms with E-state index in [1.54, 1.807) is 7.11 Å². The Labute approximate surface area is 68.9 Å². The number of carbonyl (C=O) groups is 1. The third-order valence-electron chi connectivity index (χ3n) is 1.98. The van der Waals surface area contributed by atoms with E-state index in [4.69, 9.17) is 4.74 Å². The summed E-state index contributed by atoms with van der Waals surface area (Å²) in [6.07, 6.45) is 2.86. The Kier molecular flexibility index (Phi) is 6.13. The van der Waals surface area contributed by atoms with E-state index >= 15 is 0 Å².